The van der Waals surface area contributed by atoms with Crippen LogP contribution in [0.4, 0.5) is 5.95 Å². The van der Waals surface area contributed by atoms with Crippen molar-refractivity contribution < 1.29 is 9.47 Å². The number of benzene rings is 1. The molecule has 0 unspecified atom stereocenters. The van der Waals surface area contributed by atoms with Gasteiger partial charge in [-0.2, -0.15) is 9.97 Å². The number of aromatic nitrogens is 3. The molecular formula is C14H17BrN4O2. The van der Waals surface area contributed by atoms with Gasteiger partial charge in [-0.1, -0.05) is 6.07 Å². The lowest BCUT2D eigenvalue weighted by molar-refractivity contribution is 0.303. The summed E-state index contributed by atoms with van der Waals surface area (Å²) in [5, 5.41) is 3.02. The van der Waals surface area contributed by atoms with Crippen molar-refractivity contribution in [3.8, 4) is 17.8 Å². The second kappa shape index (κ2) is 7.21. The summed E-state index contributed by atoms with van der Waals surface area (Å²) >= 11 is 3.46. The molecule has 0 aliphatic heterocycles. The molecule has 0 aliphatic rings. The summed E-state index contributed by atoms with van der Waals surface area (Å²) in [5.74, 6) is 1.06. The Bertz CT molecular complexity index is 598. The first-order valence-corrected chi connectivity index (χ1v) is 7.48. The number of nitrogens with one attached hydrogen (secondary N) is 1. The van der Waals surface area contributed by atoms with E-state index in [0.29, 0.717) is 24.8 Å². The van der Waals surface area contributed by atoms with Gasteiger partial charge < -0.3 is 14.8 Å². The minimum absolute atomic E-state index is 0.189. The molecule has 1 heterocycles. The predicted octanol–water partition coefficient (Wildman–Crippen LogP) is 3.57. The van der Waals surface area contributed by atoms with E-state index in [2.05, 4.69) is 36.2 Å². The van der Waals surface area contributed by atoms with Crippen LogP contribution in [0.2, 0.25) is 0 Å². The summed E-state index contributed by atoms with van der Waals surface area (Å²) in [6, 6.07) is 6.20. The predicted molar refractivity (Wildman–Crippen MR) is 84.1 cm³/mol. The summed E-state index contributed by atoms with van der Waals surface area (Å²) in [7, 11) is 0. The van der Waals surface area contributed by atoms with Gasteiger partial charge in [0.05, 0.1) is 11.1 Å². The molecule has 7 heteroatoms. The molecule has 0 saturated carbocycles. The molecule has 0 bridgehead atoms. The van der Waals surface area contributed by atoms with E-state index in [0.717, 1.165) is 10.0 Å². The lowest BCUT2D eigenvalue weighted by Crippen LogP contribution is -2.07. The van der Waals surface area contributed by atoms with E-state index < -0.39 is 0 Å². The second-order valence-electron chi connectivity index (χ2n) is 4.22. The fraction of sp³-hybridized carbons (Fsp3) is 0.357. The van der Waals surface area contributed by atoms with Gasteiger partial charge in [0, 0.05) is 6.54 Å². The van der Waals surface area contributed by atoms with Crippen molar-refractivity contribution >= 4 is 21.9 Å². The average molecular weight is 353 g/mol. The number of halogens is 1. The van der Waals surface area contributed by atoms with Crippen LogP contribution in [-0.2, 0) is 0 Å². The molecule has 0 spiro atoms. The van der Waals surface area contributed by atoms with Crippen LogP contribution in [0.3, 0.4) is 0 Å². The number of aryl methyl sites for hydroxylation is 1. The molecule has 112 valence electrons. The van der Waals surface area contributed by atoms with Gasteiger partial charge in [0.15, 0.2) is 0 Å². The number of hydrogen-bond acceptors (Lipinski definition) is 6. The topological polar surface area (TPSA) is 69.2 Å². The summed E-state index contributed by atoms with van der Waals surface area (Å²) in [4.78, 5) is 12.5. The molecule has 21 heavy (non-hydrogen) atoms. The fourth-order valence-electron chi connectivity index (χ4n) is 1.60. The van der Waals surface area contributed by atoms with Gasteiger partial charge in [0.2, 0.25) is 5.95 Å². The quantitative estimate of drug-likeness (QED) is 0.856. The highest BCUT2D eigenvalue weighted by atomic mass is 79.9. The molecule has 6 nitrogen and oxygen atoms in total. The van der Waals surface area contributed by atoms with Crippen molar-refractivity contribution in [3.63, 3.8) is 0 Å². The molecule has 2 aromatic rings. The standard InChI is InChI=1S/C14H17BrN4O2/c1-4-16-12-17-13(20-5-2)19-14(18-12)21-11-7-6-9(3)8-10(11)15/h6-8H,4-5H2,1-3H3,(H,16,17,18,19). The van der Waals surface area contributed by atoms with Gasteiger partial charge in [-0.25, -0.2) is 0 Å². The van der Waals surface area contributed by atoms with Gasteiger partial charge in [0.1, 0.15) is 5.75 Å². The van der Waals surface area contributed by atoms with Gasteiger partial charge in [-0.3, -0.25) is 0 Å². The maximum atomic E-state index is 5.71. The number of hydrogen-bond donors (Lipinski definition) is 1. The Morgan fingerprint density at radius 1 is 1.14 bits per heavy atom. The maximum Gasteiger partial charge on any atom is 0.330 e. The molecule has 0 fully saturated rings. The monoisotopic (exact) mass is 352 g/mol. The minimum Gasteiger partial charge on any atom is -0.464 e. The first-order valence-electron chi connectivity index (χ1n) is 6.69. The van der Waals surface area contributed by atoms with E-state index in [1.165, 1.54) is 0 Å². The molecule has 0 atom stereocenters. The Labute approximate surface area is 132 Å². The van der Waals surface area contributed by atoms with Gasteiger partial charge >= 0.3 is 12.0 Å². The van der Waals surface area contributed by atoms with Crippen LogP contribution in [0, 0.1) is 6.92 Å². The Balaban J connectivity index is 2.29. The molecule has 0 amide bonds. The highest BCUT2D eigenvalue weighted by Gasteiger charge is 2.10. The van der Waals surface area contributed by atoms with Crippen LogP contribution in [0.5, 0.6) is 17.8 Å². The molecule has 0 aliphatic carbocycles. The molecule has 0 saturated heterocycles. The lowest BCUT2D eigenvalue weighted by Gasteiger charge is -2.09. The van der Waals surface area contributed by atoms with Crippen LogP contribution < -0.4 is 14.8 Å². The number of rotatable bonds is 6. The van der Waals surface area contributed by atoms with Gasteiger partial charge in [0.25, 0.3) is 0 Å². The molecule has 1 N–H and O–H groups in total. The van der Waals surface area contributed by atoms with Crippen LogP contribution in [0.25, 0.3) is 0 Å². The van der Waals surface area contributed by atoms with Crippen LogP contribution >= 0.6 is 15.9 Å². The molecule has 1 aromatic heterocycles. The van der Waals surface area contributed by atoms with Crippen molar-refractivity contribution in [2.45, 2.75) is 20.8 Å². The smallest absolute Gasteiger partial charge is 0.330 e. The van der Waals surface area contributed by atoms with Crippen molar-refractivity contribution in [3.05, 3.63) is 28.2 Å². The Hall–Kier alpha value is -1.89. The molecule has 1 aromatic carbocycles. The highest BCUT2D eigenvalue weighted by Crippen LogP contribution is 2.29. The third-order valence-electron chi connectivity index (χ3n) is 2.49. The largest absolute Gasteiger partial charge is 0.464 e. The zero-order valence-electron chi connectivity index (χ0n) is 12.2. The van der Waals surface area contributed by atoms with E-state index >= 15 is 0 Å². The Morgan fingerprint density at radius 2 is 1.90 bits per heavy atom. The van der Waals surface area contributed by atoms with Crippen molar-refractivity contribution in [1.29, 1.82) is 0 Å². The van der Waals surface area contributed by atoms with E-state index in [1.807, 2.05) is 39.0 Å². The van der Waals surface area contributed by atoms with Gasteiger partial charge in [-0.05, 0) is 54.4 Å². The summed E-state index contributed by atoms with van der Waals surface area (Å²) in [6.45, 7) is 7.01. The number of ether oxygens (including phenoxy) is 2. The van der Waals surface area contributed by atoms with Crippen LogP contribution in [-0.4, -0.2) is 28.1 Å². The molecular weight excluding hydrogens is 336 g/mol. The number of nitrogens with zero attached hydrogens (tertiary/aromatic N) is 3. The second-order valence-corrected chi connectivity index (χ2v) is 5.08. The normalized spacial score (nSPS) is 10.3. The van der Waals surface area contributed by atoms with Crippen LogP contribution in [0.15, 0.2) is 22.7 Å². The first kappa shape index (κ1) is 15.5. The fourth-order valence-corrected chi connectivity index (χ4v) is 2.18. The first-order chi connectivity index (χ1) is 10.1. The van der Waals surface area contributed by atoms with Crippen LogP contribution in [0.1, 0.15) is 19.4 Å². The van der Waals surface area contributed by atoms with Crippen molar-refractivity contribution in [2.75, 3.05) is 18.5 Å². The van der Waals surface area contributed by atoms with Gasteiger partial charge in [-0.15, -0.1) is 4.98 Å². The van der Waals surface area contributed by atoms with E-state index in [9.17, 15) is 0 Å². The minimum atomic E-state index is 0.189. The maximum absolute atomic E-state index is 5.71. The Morgan fingerprint density at radius 3 is 2.57 bits per heavy atom. The SMILES string of the molecule is CCNc1nc(OCC)nc(Oc2ccc(C)cc2Br)n1. The zero-order valence-corrected chi connectivity index (χ0v) is 13.8. The van der Waals surface area contributed by atoms with E-state index in [4.69, 9.17) is 9.47 Å². The van der Waals surface area contributed by atoms with E-state index in [1.54, 1.807) is 0 Å². The third-order valence-corrected chi connectivity index (χ3v) is 3.11. The molecule has 2 rings (SSSR count). The summed E-state index contributed by atoms with van der Waals surface area (Å²) in [6.07, 6.45) is 0. The molecule has 0 radical (unpaired) electrons. The van der Waals surface area contributed by atoms with Crippen molar-refractivity contribution in [1.82, 2.24) is 15.0 Å². The van der Waals surface area contributed by atoms with E-state index in [-0.39, 0.29) is 12.0 Å². The summed E-state index contributed by atoms with van der Waals surface area (Å²) < 4.78 is 11.9. The third kappa shape index (κ3) is 4.29. The Kier molecular flexibility index (Phi) is 5.32. The highest BCUT2D eigenvalue weighted by molar-refractivity contribution is 9.10. The summed E-state index contributed by atoms with van der Waals surface area (Å²) in [5.41, 5.74) is 1.13. The lowest BCUT2D eigenvalue weighted by atomic mass is 10.2. The zero-order chi connectivity index (χ0) is 15.2. The van der Waals surface area contributed by atoms with Crippen molar-refractivity contribution in [2.24, 2.45) is 0 Å². The average Bonchev–Trinajstić information content (AvgIpc) is 2.42. The number of anilines is 1.